The highest BCUT2D eigenvalue weighted by atomic mass is 35.5. The van der Waals surface area contributed by atoms with Crippen molar-refractivity contribution in [3.8, 4) is 0 Å². The Labute approximate surface area is 124 Å². The molecule has 2 aromatic rings. The van der Waals surface area contributed by atoms with E-state index in [0.29, 0.717) is 10.6 Å². The molecule has 0 fully saturated rings. The molecule has 2 rings (SSSR count). The summed E-state index contributed by atoms with van der Waals surface area (Å²) in [5.41, 5.74) is -0.197. The highest BCUT2D eigenvalue weighted by Crippen LogP contribution is 2.20. The first kappa shape index (κ1) is 14.9. The Morgan fingerprint density at radius 1 is 1.29 bits per heavy atom. The van der Waals surface area contributed by atoms with E-state index in [1.165, 1.54) is 0 Å². The second-order valence-corrected chi connectivity index (χ2v) is 4.50. The number of hydrogen-bond acceptors (Lipinski definition) is 4. The van der Waals surface area contributed by atoms with Crippen LogP contribution in [0.3, 0.4) is 0 Å². The molecule has 2 aromatic carbocycles. The van der Waals surface area contributed by atoms with Gasteiger partial charge < -0.3 is 4.74 Å². The van der Waals surface area contributed by atoms with Gasteiger partial charge in [0.1, 0.15) is 6.61 Å². The number of nitro groups is 1. The average molecular weight is 310 g/mol. The second-order valence-electron chi connectivity index (χ2n) is 4.09. The zero-order valence-corrected chi connectivity index (χ0v) is 11.3. The van der Waals surface area contributed by atoms with Crippen molar-refractivity contribution in [2.24, 2.45) is 0 Å². The Hall–Kier alpha value is -2.47. The summed E-state index contributed by atoms with van der Waals surface area (Å²) in [6.07, 6.45) is 0. The van der Waals surface area contributed by atoms with E-state index < -0.39 is 22.4 Å². The Balaban J connectivity index is 2.09. The molecule has 7 heteroatoms. The monoisotopic (exact) mass is 309 g/mol. The number of hydrogen-bond donors (Lipinski definition) is 0. The lowest BCUT2D eigenvalue weighted by atomic mass is 10.2. The highest BCUT2D eigenvalue weighted by molar-refractivity contribution is 6.31. The van der Waals surface area contributed by atoms with Gasteiger partial charge in [0.2, 0.25) is 5.82 Å². The molecular formula is C14H9ClFNO4. The molecule has 0 bridgehead atoms. The van der Waals surface area contributed by atoms with Crippen LogP contribution in [0.2, 0.25) is 5.02 Å². The molecule has 21 heavy (non-hydrogen) atoms. The van der Waals surface area contributed by atoms with Crippen LogP contribution in [0.15, 0.2) is 42.5 Å². The topological polar surface area (TPSA) is 69.4 Å². The third kappa shape index (κ3) is 3.55. The van der Waals surface area contributed by atoms with Gasteiger partial charge in [-0.2, -0.15) is 4.39 Å². The van der Waals surface area contributed by atoms with Crippen molar-refractivity contribution in [2.45, 2.75) is 6.61 Å². The van der Waals surface area contributed by atoms with Crippen molar-refractivity contribution >= 4 is 23.3 Å². The molecule has 0 saturated carbocycles. The van der Waals surface area contributed by atoms with Gasteiger partial charge >= 0.3 is 11.7 Å². The number of benzene rings is 2. The molecule has 0 spiro atoms. The van der Waals surface area contributed by atoms with Gasteiger partial charge in [-0.3, -0.25) is 10.1 Å². The van der Waals surface area contributed by atoms with Gasteiger partial charge in [-0.25, -0.2) is 4.79 Å². The molecule has 0 aliphatic heterocycles. The fourth-order valence-corrected chi connectivity index (χ4v) is 1.81. The lowest BCUT2D eigenvalue weighted by Gasteiger charge is -2.06. The Bertz CT molecular complexity index is 705. The van der Waals surface area contributed by atoms with Gasteiger partial charge in [0.05, 0.1) is 10.5 Å². The Morgan fingerprint density at radius 3 is 2.62 bits per heavy atom. The van der Waals surface area contributed by atoms with E-state index in [-0.39, 0.29) is 12.2 Å². The van der Waals surface area contributed by atoms with E-state index in [1.54, 1.807) is 24.3 Å². The molecule has 0 amide bonds. The molecule has 0 atom stereocenters. The fraction of sp³-hybridized carbons (Fsp3) is 0.0714. The van der Waals surface area contributed by atoms with Crippen LogP contribution in [0.25, 0.3) is 0 Å². The molecule has 0 aromatic heterocycles. The predicted octanol–water partition coefficient (Wildman–Crippen LogP) is 3.74. The normalized spacial score (nSPS) is 10.2. The van der Waals surface area contributed by atoms with Crippen LogP contribution in [-0.4, -0.2) is 10.9 Å². The summed E-state index contributed by atoms with van der Waals surface area (Å²) in [5.74, 6) is -1.88. The van der Waals surface area contributed by atoms with E-state index >= 15 is 0 Å². The lowest BCUT2D eigenvalue weighted by molar-refractivity contribution is -0.387. The minimum absolute atomic E-state index is 0.0723. The molecule has 0 N–H and O–H groups in total. The molecule has 0 aliphatic rings. The minimum Gasteiger partial charge on any atom is -0.457 e. The Morgan fingerprint density at radius 2 is 2.00 bits per heavy atom. The first-order chi connectivity index (χ1) is 9.99. The number of nitro benzene ring substituents is 1. The van der Waals surface area contributed by atoms with Crippen LogP contribution >= 0.6 is 11.6 Å². The van der Waals surface area contributed by atoms with E-state index in [9.17, 15) is 19.3 Å². The summed E-state index contributed by atoms with van der Waals surface area (Å²) < 4.78 is 18.4. The largest absolute Gasteiger partial charge is 0.457 e. The van der Waals surface area contributed by atoms with Crippen molar-refractivity contribution in [1.82, 2.24) is 0 Å². The quantitative estimate of drug-likeness (QED) is 0.490. The summed E-state index contributed by atoms with van der Waals surface area (Å²) in [6, 6.07) is 9.63. The molecule has 0 radical (unpaired) electrons. The Kier molecular flexibility index (Phi) is 4.49. The van der Waals surface area contributed by atoms with Crippen LogP contribution < -0.4 is 0 Å². The maximum absolute atomic E-state index is 13.4. The standard InChI is InChI=1S/C14H9ClFNO4/c15-11-4-2-1-3-10(11)8-21-14(18)9-5-6-13(17(19)20)12(16)7-9/h1-7H,8H2. The molecule has 108 valence electrons. The third-order valence-corrected chi connectivity index (χ3v) is 3.07. The SMILES string of the molecule is O=C(OCc1ccccc1Cl)c1ccc([N+](=O)[O-])c(F)c1. The van der Waals surface area contributed by atoms with Crippen LogP contribution in [0.1, 0.15) is 15.9 Å². The van der Waals surface area contributed by atoms with Gasteiger partial charge in [0.15, 0.2) is 0 Å². The van der Waals surface area contributed by atoms with Crippen LogP contribution in [-0.2, 0) is 11.3 Å². The van der Waals surface area contributed by atoms with Crippen LogP contribution in [0.5, 0.6) is 0 Å². The molecule has 0 unspecified atom stereocenters. The van der Waals surface area contributed by atoms with Gasteiger partial charge in [0.25, 0.3) is 0 Å². The number of carbonyl (C=O) groups excluding carboxylic acids is 1. The zero-order valence-electron chi connectivity index (χ0n) is 10.6. The summed E-state index contributed by atoms with van der Waals surface area (Å²) in [4.78, 5) is 21.4. The zero-order chi connectivity index (χ0) is 15.4. The van der Waals surface area contributed by atoms with E-state index in [1.807, 2.05) is 0 Å². The second kappa shape index (κ2) is 6.32. The molecular weight excluding hydrogens is 301 g/mol. The number of esters is 1. The van der Waals surface area contributed by atoms with Crippen molar-refractivity contribution in [3.63, 3.8) is 0 Å². The smallest absolute Gasteiger partial charge is 0.338 e. The van der Waals surface area contributed by atoms with Gasteiger partial charge in [0, 0.05) is 16.7 Å². The van der Waals surface area contributed by atoms with Gasteiger partial charge in [-0.15, -0.1) is 0 Å². The van der Waals surface area contributed by atoms with E-state index in [4.69, 9.17) is 16.3 Å². The number of rotatable bonds is 4. The minimum atomic E-state index is -1.09. The maximum Gasteiger partial charge on any atom is 0.338 e. The van der Waals surface area contributed by atoms with Gasteiger partial charge in [-0.05, 0) is 18.2 Å². The number of halogens is 2. The van der Waals surface area contributed by atoms with Crippen LogP contribution in [0, 0.1) is 15.9 Å². The summed E-state index contributed by atoms with van der Waals surface area (Å²) in [6.45, 7) is -0.0723. The molecule has 0 heterocycles. The van der Waals surface area contributed by atoms with Crippen molar-refractivity contribution in [2.75, 3.05) is 0 Å². The molecule has 0 saturated heterocycles. The maximum atomic E-state index is 13.4. The van der Waals surface area contributed by atoms with Crippen molar-refractivity contribution in [1.29, 1.82) is 0 Å². The number of carbonyl (C=O) groups is 1. The van der Waals surface area contributed by atoms with Crippen LogP contribution in [0.4, 0.5) is 10.1 Å². The highest BCUT2D eigenvalue weighted by Gasteiger charge is 2.17. The number of ether oxygens (including phenoxy) is 1. The average Bonchev–Trinajstić information content (AvgIpc) is 2.45. The first-order valence-electron chi connectivity index (χ1n) is 5.83. The number of nitrogens with zero attached hydrogens (tertiary/aromatic N) is 1. The van der Waals surface area contributed by atoms with Gasteiger partial charge in [-0.1, -0.05) is 29.8 Å². The lowest BCUT2D eigenvalue weighted by Crippen LogP contribution is -2.06. The first-order valence-corrected chi connectivity index (χ1v) is 6.21. The third-order valence-electron chi connectivity index (χ3n) is 2.70. The fourth-order valence-electron chi connectivity index (χ4n) is 1.62. The van der Waals surface area contributed by atoms with Crippen molar-refractivity contribution in [3.05, 3.63) is 74.5 Å². The summed E-state index contributed by atoms with van der Waals surface area (Å²) in [5, 5.41) is 10.9. The summed E-state index contributed by atoms with van der Waals surface area (Å²) >= 11 is 5.91. The van der Waals surface area contributed by atoms with E-state index in [0.717, 1.165) is 18.2 Å². The molecule has 0 aliphatic carbocycles. The predicted molar refractivity (Wildman–Crippen MR) is 73.6 cm³/mol. The summed E-state index contributed by atoms with van der Waals surface area (Å²) in [7, 11) is 0. The molecule has 5 nitrogen and oxygen atoms in total. The van der Waals surface area contributed by atoms with Crippen molar-refractivity contribution < 1.29 is 18.8 Å². The van der Waals surface area contributed by atoms with E-state index in [2.05, 4.69) is 0 Å².